The zero-order valence-electron chi connectivity index (χ0n) is 10.2. The molecule has 0 saturated carbocycles. The monoisotopic (exact) mass is 252 g/mol. The van der Waals surface area contributed by atoms with Gasteiger partial charge in [0, 0.05) is 29.2 Å². The summed E-state index contributed by atoms with van der Waals surface area (Å²) in [5.74, 6) is 7.17. The van der Waals surface area contributed by atoms with E-state index in [9.17, 15) is 0 Å². The second-order valence-electron chi connectivity index (χ2n) is 4.52. The van der Waals surface area contributed by atoms with Gasteiger partial charge in [0.1, 0.15) is 0 Å². The highest BCUT2D eigenvalue weighted by Gasteiger charge is 2.24. The Bertz CT molecular complexity index is 336. The van der Waals surface area contributed by atoms with E-state index in [0.29, 0.717) is 12.0 Å². The molecule has 1 saturated heterocycles. The Hall–Kier alpha value is -0.550. The lowest BCUT2D eigenvalue weighted by Crippen LogP contribution is -2.43. The van der Waals surface area contributed by atoms with Gasteiger partial charge in [0.25, 0.3) is 0 Å². The highest BCUT2D eigenvalue weighted by atomic mass is 32.2. The van der Waals surface area contributed by atoms with Gasteiger partial charge in [0.15, 0.2) is 0 Å². The molecule has 2 unspecified atom stereocenters. The number of hydrogen-bond acceptors (Lipinski definition) is 4. The third kappa shape index (κ3) is 3.71. The number of hydrogen-bond donors (Lipinski definition) is 2. The number of ether oxygens (including phenoxy) is 1. The lowest BCUT2D eigenvalue weighted by atomic mass is 10.0. The van der Waals surface area contributed by atoms with Crippen LogP contribution in [0, 0.1) is 12.8 Å². The minimum absolute atomic E-state index is 0.337. The number of rotatable bonds is 5. The normalized spacial score (nSPS) is 21.6. The lowest BCUT2D eigenvalue weighted by molar-refractivity contribution is 0.179. The molecule has 94 valence electrons. The van der Waals surface area contributed by atoms with E-state index in [1.165, 1.54) is 10.5 Å². The SMILES string of the molecule is Cc1ccc(SCC(NN)C2CCOC2)cc1. The molecule has 1 fully saturated rings. The molecule has 3 N–H and O–H groups in total. The summed E-state index contributed by atoms with van der Waals surface area (Å²) in [4.78, 5) is 1.30. The molecule has 0 spiro atoms. The van der Waals surface area contributed by atoms with Crippen LogP contribution in [-0.2, 0) is 4.74 Å². The molecule has 1 heterocycles. The van der Waals surface area contributed by atoms with Crippen LogP contribution >= 0.6 is 11.8 Å². The van der Waals surface area contributed by atoms with Crippen LogP contribution in [0.2, 0.25) is 0 Å². The third-order valence-corrected chi connectivity index (χ3v) is 4.33. The van der Waals surface area contributed by atoms with E-state index in [1.807, 2.05) is 11.8 Å². The number of benzene rings is 1. The Morgan fingerprint density at radius 1 is 1.47 bits per heavy atom. The van der Waals surface area contributed by atoms with Gasteiger partial charge in [-0.15, -0.1) is 11.8 Å². The summed E-state index contributed by atoms with van der Waals surface area (Å²) < 4.78 is 5.40. The lowest BCUT2D eigenvalue weighted by Gasteiger charge is -2.20. The van der Waals surface area contributed by atoms with Crippen molar-refractivity contribution >= 4 is 11.8 Å². The number of nitrogens with one attached hydrogen (secondary N) is 1. The summed E-state index contributed by atoms with van der Waals surface area (Å²) in [6, 6.07) is 8.96. The highest BCUT2D eigenvalue weighted by Crippen LogP contribution is 2.24. The molecule has 1 aromatic rings. The molecule has 0 amide bonds. The predicted molar refractivity (Wildman–Crippen MR) is 71.9 cm³/mol. The van der Waals surface area contributed by atoms with Gasteiger partial charge in [-0.05, 0) is 25.5 Å². The molecule has 3 nitrogen and oxygen atoms in total. The maximum atomic E-state index is 5.62. The number of thioether (sulfide) groups is 1. The molecule has 0 aliphatic carbocycles. The Morgan fingerprint density at radius 2 is 2.24 bits per heavy atom. The van der Waals surface area contributed by atoms with Crippen LogP contribution in [0.25, 0.3) is 0 Å². The molecular formula is C13H20N2OS. The van der Waals surface area contributed by atoms with Crippen LogP contribution in [0.1, 0.15) is 12.0 Å². The van der Waals surface area contributed by atoms with Gasteiger partial charge in [-0.25, -0.2) is 0 Å². The molecule has 4 heteroatoms. The minimum Gasteiger partial charge on any atom is -0.381 e. The average Bonchev–Trinajstić information content (AvgIpc) is 2.86. The van der Waals surface area contributed by atoms with Crippen LogP contribution < -0.4 is 11.3 Å². The fraction of sp³-hybridized carbons (Fsp3) is 0.538. The number of nitrogens with two attached hydrogens (primary N) is 1. The van der Waals surface area contributed by atoms with Crippen molar-refractivity contribution in [3.05, 3.63) is 29.8 Å². The summed E-state index contributed by atoms with van der Waals surface area (Å²) in [5.41, 5.74) is 4.22. The van der Waals surface area contributed by atoms with Gasteiger partial charge in [-0.3, -0.25) is 11.3 Å². The van der Waals surface area contributed by atoms with Gasteiger partial charge in [-0.2, -0.15) is 0 Å². The van der Waals surface area contributed by atoms with Gasteiger partial charge in [0.05, 0.1) is 6.61 Å². The molecular weight excluding hydrogens is 232 g/mol. The first-order valence-electron chi connectivity index (χ1n) is 6.03. The fourth-order valence-corrected chi connectivity index (χ4v) is 3.08. The van der Waals surface area contributed by atoms with E-state index in [4.69, 9.17) is 10.6 Å². The van der Waals surface area contributed by atoms with Crippen molar-refractivity contribution in [3.63, 3.8) is 0 Å². The summed E-state index contributed by atoms with van der Waals surface area (Å²) in [6.07, 6.45) is 1.11. The van der Waals surface area contributed by atoms with Crippen molar-refractivity contribution in [1.29, 1.82) is 0 Å². The summed E-state index contributed by atoms with van der Waals surface area (Å²) in [5, 5.41) is 0. The summed E-state index contributed by atoms with van der Waals surface area (Å²) in [6.45, 7) is 3.82. The third-order valence-electron chi connectivity index (χ3n) is 3.20. The summed E-state index contributed by atoms with van der Waals surface area (Å²) in [7, 11) is 0. The molecule has 2 rings (SSSR count). The van der Waals surface area contributed by atoms with Crippen LogP contribution in [0.3, 0.4) is 0 Å². The molecule has 2 atom stereocenters. The average molecular weight is 252 g/mol. The van der Waals surface area contributed by atoms with E-state index in [-0.39, 0.29) is 0 Å². The molecule has 0 radical (unpaired) electrons. The zero-order chi connectivity index (χ0) is 12.1. The molecule has 0 bridgehead atoms. The Balaban J connectivity index is 1.84. The Labute approximate surface area is 107 Å². The maximum Gasteiger partial charge on any atom is 0.0510 e. The quantitative estimate of drug-likeness (QED) is 0.478. The van der Waals surface area contributed by atoms with Gasteiger partial charge in [-0.1, -0.05) is 17.7 Å². The van der Waals surface area contributed by atoms with Crippen molar-refractivity contribution in [2.24, 2.45) is 11.8 Å². The second kappa shape index (κ2) is 6.40. The summed E-state index contributed by atoms with van der Waals surface area (Å²) >= 11 is 1.85. The first kappa shape index (κ1) is 12.9. The number of aryl methyl sites for hydroxylation is 1. The maximum absolute atomic E-state index is 5.62. The highest BCUT2D eigenvalue weighted by molar-refractivity contribution is 7.99. The van der Waals surface area contributed by atoms with Crippen molar-refractivity contribution in [1.82, 2.24) is 5.43 Å². The van der Waals surface area contributed by atoms with Crippen LogP contribution in [0.5, 0.6) is 0 Å². The largest absolute Gasteiger partial charge is 0.381 e. The molecule has 1 aliphatic rings. The minimum atomic E-state index is 0.337. The Morgan fingerprint density at radius 3 is 2.82 bits per heavy atom. The van der Waals surface area contributed by atoms with Crippen LogP contribution in [-0.4, -0.2) is 25.0 Å². The van der Waals surface area contributed by atoms with E-state index < -0.39 is 0 Å². The van der Waals surface area contributed by atoms with Crippen molar-refractivity contribution in [2.75, 3.05) is 19.0 Å². The van der Waals surface area contributed by atoms with Crippen molar-refractivity contribution in [3.8, 4) is 0 Å². The standard InChI is InChI=1S/C13H20N2OS/c1-10-2-4-12(5-3-10)17-9-13(15-14)11-6-7-16-8-11/h2-5,11,13,15H,6-9,14H2,1H3. The second-order valence-corrected chi connectivity index (χ2v) is 5.61. The van der Waals surface area contributed by atoms with E-state index in [1.54, 1.807) is 0 Å². The smallest absolute Gasteiger partial charge is 0.0510 e. The molecule has 17 heavy (non-hydrogen) atoms. The van der Waals surface area contributed by atoms with Gasteiger partial charge >= 0.3 is 0 Å². The first-order valence-corrected chi connectivity index (χ1v) is 7.01. The van der Waals surface area contributed by atoms with Crippen molar-refractivity contribution in [2.45, 2.75) is 24.3 Å². The van der Waals surface area contributed by atoms with Crippen molar-refractivity contribution < 1.29 is 4.74 Å². The molecule has 1 aromatic carbocycles. The van der Waals surface area contributed by atoms with E-state index >= 15 is 0 Å². The molecule has 0 aromatic heterocycles. The number of hydrazine groups is 1. The van der Waals surface area contributed by atoms with Crippen LogP contribution in [0.15, 0.2) is 29.2 Å². The predicted octanol–water partition coefficient (Wildman–Crippen LogP) is 1.96. The fourth-order valence-electron chi connectivity index (χ4n) is 2.01. The zero-order valence-corrected chi connectivity index (χ0v) is 11.0. The van der Waals surface area contributed by atoms with Gasteiger partial charge < -0.3 is 4.74 Å². The van der Waals surface area contributed by atoms with E-state index in [0.717, 1.165) is 25.4 Å². The van der Waals surface area contributed by atoms with Crippen LogP contribution in [0.4, 0.5) is 0 Å². The topological polar surface area (TPSA) is 47.3 Å². The Kier molecular flexibility index (Phi) is 4.86. The first-order chi connectivity index (χ1) is 8.29. The molecule has 1 aliphatic heterocycles. The van der Waals surface area contributed by atoms with Gasteiger partial charge in [0.2, 0.25) is 0 Å². The van der Waals surface area contributed by atoms with E-state index in [2.05, 4.69) is 36.6 Å².